The van der Waals surface area contributed by atoms with Crippen LogP contribution in [-0.2, 0) is 19.5 Å². The van der Waals surface area contributed by atoms with Gasteiger partial charge in [-0.2, -0.15) is 5.10 Å². The molecule has 1 aliphatic rings. The third-order valence-electron chi connectivity index (χ3n) is 6.21. The highest BCUT2D eigenvalue weighted by Crippen LogP contribution is 2.30. The van der Waals surface area contributed by atoms with Gasteiger partial charge < -0.3 is 9.64 Å². The van der Waals surface area contributed by atoms with E-state index < -0.39 is 5.82 Å². The summed E-state index contributed by atoms with van der Waals surface area (Å²) in [5, 5.41) is 4.70. The number of aryl methyl sites for hydroxylation is 2. The molecule has 1 amide bonds. The van der Waals surface area contributed by atoms with Crippen molar-refractivity contribution in [3.63, 3.8) is 0 Å². The van der Waals surface area contributed by atoms with Gasteiger partial charge in [0.15, 0.2) is 5.65 Å². The van der Waals surface area contributed by atoms with Crippen LogP contribution in [0.5, 0.6) is 5.75 Å². The molecule has 0 fully saturated rings. The second kappa shape index (κ2) is 8.27. The van der Waals surface area contributed by atoms with Crippen LogP contribution in [0.15, 0.2) is 42.6 Å². The highest BCUT2D eigenvalue weighted by molar-refractivity contribution is 5.97. The molecule has 0 radical (unpaired) electrons. The largest absolute Gasteiger partial charge is 0.492 e. The molecule has 0 aliphatic carbocycles. The van der Waals surface area contributed by atoms with Crippen LogP contribution in [0.4, 0.5) is 4.39 Å². The number of pyridine rings is 1. The van der Waals surface area contributed by atoms with Crippen molar-refractivity contribution < 1.29 is 13.9 Å². The Labute approximate surface area is 190 Å². The fourth-order valence-electron chi connectivity index (χ4n) is 4.13. The number of amides is 1. The van der Waals surface area contributed by atoms with Gasteiger partial charge in [-0.1, -0.05) is 6.07 Å². The molecule has 0 unspecified atom stereocenters. The predicted molar refractivity (Wildman–Crippen MR) is 121 cm³/mol. The van der Waals surface area contributed by atoms with Crippen LogP contribution >= 0.6 is 0 Å². The molecule has 3 aromatic heterocycles. The number of hydrogen-bond acceptors (Lipinski definition) is 5. The molecule has 4 aromatic rings. The van der Waals surface area contributed by atoms with E-state index in [1.165, 1.54) is 18.2 Å². The lowest BCUT2D eigenvalue weighted by atomic mass is 10.1. The van der Waals surface area contributed by atoms with Gasteiger partial charge in [0, 0.05) is 41.3 Å². The van der Waals surface area contributed by atoms with E-state index in [-0.39, 0.29) is 18.3 Å². The molecule has 0 saturated carbocycles. The van der Waals surface area contributed by atoms with Crippen LogP contribution < -0.4 is 4.74 Å². The quantitative estimate of drug-likeness (QED) is 0.465. The van der Waals surface area contributed by atoms with Crippen LogP contribution in [0.25, 0.3) is 5.65 Å². The van der Waals surface area contributed by atoms with Gasteiger partial charge in [0.1, 0.15) is 11.6 Å². The lowest BCUT2D eigenvalue weighted by molar-refractivity contribution is 0.0745. The van der Waals surface area contributed by atoms with Crippen molar-refractivity contribution >= 4 is 11.6 Å². The van der Waals surface area contributed by atoms with Crippen LogP contribution in [0, 0.1) is 26.6 Å². The monoisotopic (exact) mass is 445 g/mol. The Morgan fingerprint density at radius 1 is 1.15 bits per heavy atom. The molecule has 7 nitrogen and oxygen atoms in total. The Morgan fingerprint density at radius 3 is 2.79 bits per heavy atom. The predicted octanol–water partition coefficient (Wildman–Crippen LogP) is 3.97. The molecule has 5 rings (SSSR count). The zero-order valence-corrected chi connectivity index (χ0v) is 18.8. The molecule has 0 atom stereocenters. The fraction of sp³-hybridized carbons (Fsp3) is 0.280. The number of carbonyl (C=O) groups is 1. The number of carbonyl (C=O) groups excluding carboxylic acids is 1. The summed E-state index contributed by atoms with van der Waals surface area (Å²) in [6.07, 6.45) is 2.27. The minimum absolute atomic E-state index is 0.223. The molecule has 168 valence electrons. The molecular weight excluding hydrogens is 421 g/mol. The van der Waals surface area contributed by atoms with Gasteiger partial charge in [-0.25, -0.2) is 13.9 Å². The van der Waals surface area contributed by atoms with Crippen molar-refractivity contribution in [3.05, 3.63) is 87.9 Å². The van der Waals surface area contributed by atoms with Crippen LogP contribution in [0.1, 0.15) is 44.3 Å². The second-order valence-electron chi connectivity index (χ2n) is 8.29. The van der Waals surface area contributed by atoms with Gasteiger partial charge in [-0.05, 0) is 50.6 Å². The van der Waals surface area contributed by atoms with E-state index in [9.17, 15) is 9.18 Å². The maximum Gasteiger partial charge on any atom is 0.258 e. The summed E-state index contributed by atoms with van der Waals surface area (Å²) in [4.78, 5) is 24.0. The molecule has 1 aliphatic heterocycles. The minimum Gasteiger partial charge on any atom is -0.492 e. The number of hydrogen-bond donors (Lipinski definition) is 0. The molecule has 4 heterocycles. The Kier molecular flexibility index (Phi) is 5.28. The molecule has 0 saturated heterocycles. The van der Waals surface area contributed by atoms with Gasteiger partial charge in [-0.15, -0.1) is 0 Å². The zero-order valence-electron chi connectivity index (χ0n) is 18.8. The van der Waals surface area contributed by atoms with Gasteiger partial charge >= 0.3 is 0 Å². The van der Waals surface area contributed by atoms with E-state index in [4.69, 9.17) is 14.8 Å². The van der Waals surface area contributed by atoms with Gasteiger partial charge in [-0.3, -0.25) is 9.78 Å². The lowest BCUT2D eigenvalue weighted by Gasteiger charge is -2.18. The Bertz CT molecular complexity index is 1370. The number of ether oxygens (including phenoxy) is 1. The molecular formula is C25H24FN5O2. The van der Waals surface area contributed by atoms with Crippen molar-refractivity contribution in [1.29, 1.82) is 0 Å². The number of benzene rings is 1. The molecule has 8 heteroatoms. The first kappa shape index (κ1) is 21.1. The number of rotatable bonds is 5. The Hall–Kier alpha value is -3.81. The highest BCUT2D eigenvalue weighted by atomic mass is 19.1. The van der Waals surface area contributed by atoms with E-state index in [1.54, 1.807) is 11.1 Å². The van der Waals surface area contributed by atoms with E-state index in [2.05, 4.69) is 4.98 Å². The maximum absolute atomic E-state index is 13.9. The first-order valence-corrected chi connectivity index (χ1v) is 10.9. The second-order valence-corrected chi connectivity index (χ2v) is 8.29. The van der Waals surface area contributed by atoms with Crippen molar-refractivity contribution in [3.8, 4) is 5.75 Å². The standard InChI is InChI=1S/C25H24FN5O2/c1-15-16(2)28-24-21-13-30(14-22(21)29-31(24)17(15)3)25(32)20-8-7-18(26)12-23(20)33-11-9-19-6-4-5-10-27-19/h4-8,10,12H,9,11,13-14H2,1-3H3. The SMILES string of the molecule is Cc1nc2c3c(nn2c(C)c1C)CN(C(=O)c1ccc(F)cc1OCCc1ccccn1)C3. The molecule has 0 N–H and O–H groups in total. The van der Waals surface area contributed by atoms with E-state index in [1.807, 2.05) is 43.5 Å². The third kappa shape index (κ3) is 3.82. The normalized spacial score (nSPS) is 12.9. The summed E-state index contributed by atoms with van der Waals surface area (Å²) in [5.41, 5.74) is 6.88. The number of aromatic nitrogens is 4. The van der Waals surface area contributed by atoms with Crippen molar-refractivity contribution in [1.82, 2.24) is 24.5 Å². The maximum atomic E-state index is 13.9. The number of nitrogens with zero attached hydrogens (tertiary/aromatic N) is 5. The van der Waals surface area contributed by atoms with Gasteiger partial charge in [0.05, 0.1) is 31.0 Å². The molecule has 33 heavy (non-hydrogen) atoms. The molecule has 1 aromatic carbocycles. The summed E-state index contributed by atoms with van der Waals surface area (Å²) in [5.74, 6) is -0.443. The van der Waals surface area contributed by atoms with Crippen LogP contribution in [0.3, 0.4) is 0 Å². The lowest BCUT2D eigenvalue weighted by Crippen LogP contribution is -2.26. The first-order chi connectivity index (χ1) is 15.9. The highest BCUT2D eigenvalue weighted by Gasteiger charge is 2.31. The average molecular weight is 445 g/mol. The topological polar surface area (TPSA) is 72.6 Å². The smallest absolute Gasteiger partial charge is 0.258 e. The Balaban J connectivity index is 1.37. The van der Waals surface area contributed by atoms with Crippen LogP contribution in [0.2, 0.25) is 0 Å². The minimum atomic E-state index is -0.452. The van der Waals surface area contributed by atoms with E-state index in [0.29, 0.717) is 25.1 Å². The van der Waals surface area contributed by atoms with Crippen LogP contribution in [-0.4, -0.2) is 37.0 Å². The first-order valence-electron chi connectivity index (χ1n) is 10.9. The summed E-state index contributed by atoms with van der Waals surface area (Å²) >= 11 is 0. The zero-order chi connectivity index (χ0) is 23.1. The summed E-state index contributed by atoms with van der Waals surface area (Å²) in [7, 11) is 0. The van der Waals surface area contributed by atoms with Gasteiger partial charge in [0.2, 0.25) is 0 Å². The summed E-state index contributed by atoms with van der Waals surface area (Å²) in [6, 6.07) is 9.67. The fourth-order valence-corrected chi connectivity index (χ4v) is 4.13. The van der Waals surface area contributed by atoms with Gasteiger partial charge in [0.25, 0.3) is 5.91 Å². The third-order valence-corrected chi connectivity index (χ3v) is 6.21. The Morgan fingerprint density at radius 2 is 2.00 bits per heavy atom. The summed E-state index contributed by atoms with van der Waals surface area (Å²) in [6.45, 7) is 7.10. The number of fused-ring (bicyclic) bond motifs is 3. The average Bonchev–Trinajstić information content (AvgIpc) is 3.37. The molecule has 0 bridgehead atoms. The summed E-state index contributed by atoms with van der Waals surface area (Å²) < 4.78 is 21.6. The number of halogens is 1. The van der Waals surface area contributed by atoms with E-state index >= 15 is 0 Å². The van der Waals surface area contributed by atoms with E-state index in [0.717, 1.165) is 39.5 Å². The van der Waals surface area contributed by atoms with Crippen molar-refractivity contribution in [2.24, 2.45) is 0 Å². The van der Waals surface area contributed by atoms with Crippen molar-refractivity contribution in [2.75, 3.05) is 6.61 Å². The van der Waals surface area contributed by atoms with Crippen molar-refractivity contribution in [2.45, 2.75) is 40.3 Å². The molecule has 0 spiro atoms.